The third-order valence-corrected chi connectivity index (χ3v) is 4.81. The average Bonchev–Trinajstić information content (AvgIpc) is 2.69. The summed E-state index contributed by atoms with van der Waals surface area (Å²) in [4.78, 5) is 26.2. The zero-order valence-corrected chi connectivity index (χ0v) is 15.4. The maximum atomic E-state index is 13.6. The fourth-order valence-corrected chi connectivity index (χ4v) is 3.40. The van der Waals surface area contributed by atoms with Crippen LogP contribution in [0, 0.1) is 5.82 Å². The van der Waals surface area contributed by atoms with Gasteiger partial charge in [0.2, 0.25) is 5.88 Å². The summed E-state index contributed by atoms with van der Waals surface area (Å²) in [7, 11) is 1.50. The smallest absolute Gasteiger partial charge is 0.255 e. The lowest BCUT2D eigenvalue weighted by Crippen LogP contribution is -2.35. The first-order valence-electron chi connectivity index (χ1n) is 8.92. The molecule has 3 heterocycles. The van der Waals surface area contributed by atoms with Gasteiger partial charge in [-0.3, -0.25) is 9.69 Å². The van der Waals surface area contributed by atoms with Crippen molar-refractivity contribution in [1.82, 2.24) is 19.9 Å². The number of nitrogens with one attached hydrogen (secondary N) is 1. The average molecular weight is 381 g/mol. The summed E-state index contributed by atoms with van der Waals surface area (Å²) in [6.07, 6.45) is 1.76. The predicted molar refractivity (Wildman–Crippen MR) is 103 cm³/mol. The van der Waals surface area contributed by atoms with Crippen molar-refractivity contribution in [3.8, 4) is 17.3 Å². The van der Waals surface area contributed by atoms with Crippen LogP contribution in [0.25, 0.3) is 11.4 Å². The highest BCUT2D eigenvalue weighted by Gasteiger charge is 2.23. The molecule has 1 aliphatic rings. The fourth-order valence-electron chi connectivity index (χ4n) is 3.40. The van der Waals surface area contributed by atoms with Crippen molar-refractivity contribution in [2.45, 2.75) is 19.5 Å². The van der Waals surface area contributed by atoms with Crippen LogP contribution in [0.1, 0.15) is 16.8 Å². The van der Waals surface area contributed by atoms with Crippen molar-refractivity contribution in [2.24, 2.45) is 0 Å². The molecule has 7 nitrogen and oxygen atoms in total. The van der Waals surface area contributed by atoms with Crippen molar-refractivity contribution >= 4 is 5.69 Å². The number of benzene rings is 1. The van der Waals surface area contributed by atoms with Gasteiger partial charge in [-0.15, -0.1) is 0 Å². The number of methoxy groups -OCH3 is 1. The second-order valence-corrected chi connectivity index (χ2v) is 6.74. The Balaban J connectivity index is 1.59. The van der Waals surface area contributed by atoms with E-state index in [4.69, 9.17) is 10.5 Å². The van der Waals surface area contributed by atoms with Gasteiger partial charge in [-0.05, 0) is 30.3 Å². The minimum absolute atomic E-state index is 0.161. The molecule has 2 aromatic heterocycles. The number of nitrogens with zero attached hydrogens (tertiary/aromatic N) is 3. The molecule has 0 radical (unpaired) electrons. The molecule has 3 N–H and O–H groups in total. The standard InChI is InChI=1S/C20H20FN5O2/c1-28-20-13(8-14(21)9-23-20)10-26-7-6-17-16(11-26)19(27)25-18(24-17)12-2-4-15(22)5-3-12/h2-5,8-9H,6-7,10-11,22H2,1H3,(H,24,25,27). The number of pyridine rings is 1. The summed E-state index contributed by atoms with van der Waals surface area (Å²) in [5.41, 5.74) is 9.09. The SMILES string of the molecule is COc1ncc(F)cc1CN1CCc2nc(-c3ccc(N)cc3)[nH]c(=O)c2C1. The van der Waals surface area contributed by atoms with E-state index in [1.54, 1.807) is 12.1 Å². The highest BCUT2D eigenvalue weighted by molar-refractivity contribution is 5.58. The van der Waals surface area contributed by atoms with Gasteiger partial charge in [-0.1, -0.05) is 0 Å². The van der Waals surface area contributed by atoms with Crippen LogP contribution in [0.4, 0.5) is 10.1 Å². The first-order chi connectivity index (χ1) is 13.5. The zero-order valence-electron chi connectivity index (χ0n) is 15.4. The van der Waals surface area contributed by atoms with Crippen LogP contribution in [0.15, 0.2) is 41.3 Å². The molecule has 0 bridgehead atoms. The predicted octanol–water partition coefficient (Wildman–Crippen LogP) is 2.12. The van der Waals surface area contributed by atoms with E-state index < -0.39 is 5.82 Å². The van der Waals surface area contributed by atoms with Crippen molar-refractivity contribution in [2.75, 3.05) is 19.4 Å². The molecule has 1 aromatic carbocycles. The van der Waals surface area contributed by atoms with Gasteiger partial charge in [0, 0.05) is 42.9 Å². The molecule has 0 saturated heterocycles. The van der Waals surface area contributed by atoms with E-state index in [9.17, 15) is 9.18 Å². The minimum Gasteiger partial charge on any atom is -0.481 e. The molecule has 1 aliphatic heterocycles. The maximum absolute atomic E-state index is 13.6. The quantitative estimate of drug-likeness (QED) is 0.672. The van der Waals surface area contributed by atoms with Crippen molar-refractivity contribution < 1.29 is 9.13 Å². The first-order valence-corrected chi connectivity index (χ1v) is 8.92. The highest BCUT2D eigenvalue weighted by Crippen LogP contribution is 2.23. The van der Waals surface area contributed by atoms with E-state index in [0.29, 0.717) is 54.6 Å². The van der Waals surface area contributed by atoms with Gasteiger partial charge in [-0.2, -0.15) is 0 Å². The summed E-state index contributed by atoms with van der Waals surface area (Å²) in [5.74, 6) is 0.506. The maximum Gasteiger partial charge on any atom is 0.255 e. The molecule has 0 atom stereocenters. The van der Waals surface area contributed by atoms with Crippen LogP contribution in [0.5, 0.6) is 5.88 Å². The van der Waals surface area contributed by atoms with E-state index >= 15 is 0 Å². The molecular formula is C20H20FN5O2. The number of aromatic nitrogens is 3. The number of rotatable bonds is 4. The van der Waals surface area contributed by atoms with Gasteiger partial charge in [0.25, 0.3) is 5.56 Å². The van der Waals surface area contributed by atoms with Crippen LogP contribution in [-0.4, -0.2) is 33.5 Å². The Morgan fingerprint density at radius 1 is 1.32 bits per heavy atom. The molecule has 0 unspecified atom stereocenters. The number of aromatic amines is 1. The second-order valence-electron chi connectivity index (χ2n) is 6.74. The van der Waals surface area contributed by atoms with Gasteiger partial charge < -0.3 is 15.5 Å². The van der Waals surface area contributed by atoms with Crippen LogP contribution in [0.2, 0.25) is 0 Å². The number of fused-ring (bicyclic) bond motifs is 1. The Morgan fingerprint density at radius 3 is 2.86 bits per heavy atom. The Labute approximate surface area is 161 Å². The van der Waals surface area contributed by atoms with E-state index in [1.807, 2.05) is 12.1 Å². The summed E-state index contributed by atoms with van der Waals surface area (Å²) in [6.45, 7) is 1.57. The number of halogens is 1. The Kier molecular flexibility index (Phi) is 4.79. The number of nitrogen functional groups attached to an aromatic ring is 1. The van der Waals surface area contributed by atoms with Crippen molar-refractivity contribution in [3.63, 3.8) is 0 Å². The Morgan fingerprint density at radius 2 is 2.11 bits per heavy atom. The second kappa shape index (κ2) is 7.40. The largest absolute Gasteiger partial charge is 0.481 e. The zero-order chi connectivity index (χ0) is 19.7. The Hall–Kier alpha value is -3.26. The summed E-state index contributed by atoms with van der Waals surface area (Å²) < 4.78 is 18.8. The van der Waals surface area contributed by atoms with Crippen molar-refractivity contribution in [3.05, 3.63) is 69.5 Å². The molecule has 0 fully saturated rings. The van der Waals surface area contributed by atoms with Gasteiger partial charge in [-0.25, -0.2) is 14.4 Å². The molecule has 0 amide bonds. The lowest BCUT2D eigenvalue weighted by molar-refractivity contribution is 0.236. The molecule has 0 aliphatic carbocycles. The third kappa shape index (κ3) is 3.59. The molecule has 28 heavy (non-hydrogen) atoms. The number of H-pyrrole nitrogens is 1. The van der Waals surface area contributed by atoms with E-state index in [-0.39, 0.29) is 5.56 Å². The third-order valence-electron chi connectivity index (χ3n) is 4.81. The molecule has 0 saturated carbocycles. The van der Waals surface area contributed by atoms with E-state index in [2.05, 4.69) is 19.9 Å². The number of anilines is 1. The molecular weight excluding hydrogens is 361 g/mol. The van der Waals surface area contributed by atoms with Crippen LogP contribution >= 0.6 is 0 Å². The number of nitrogens with two attached hydrogens (primary N) is 1. The Bertz CT molecular complexity index is 1070. The first kappa shape index (κ1) is 18.1. The molecule has 0 spiro atoms. The van der Waals surface area contributed by atoms with Crippen LogP contribution < -0.4 is 16.0 Å². The van der Waals surface area contributed by atoms with Gasteiger partial charge in [0.15, 0.2) is 0 Å². The van der Waals surface area contributed by atoms with Crippen LogP contribution in [-0.2, 0) is 19.5 Å². The monoisotopic (exact) mass is 381 g/mol. The number of ether oxygens (including phenoxy) is 1. The fraction of sp³-hybridized carbons (Fsp3) is 0.250. The normalized spacial score (nSPS) is 13.9. The summed E-state index contributed by atoms with van der Waals surface area (Å²) >= 11 is 0. The molecule has 3 aromatic rings. The van der Waals surface area contributed by atoms with Crippen molar-refractivity contribution in [1.29, 1.82) is 0 Å². The highest BCUT2D eigenvalue weighted by atomic mass is 19.1. The van der Waals surface area contributed by atoms with Gasteiger partial charge >= 0.3 is 0 Å². The van der Waals surface area contributed by atoms with E-state index in [0.717, 1.165) is 17.5 Å². The minimum atomic E-state index is -0.416. The topological polar surface area (TPSA) is 97.1 Å². The van der Waals surface area contributed by atoms with Gasteiger partial charge in [0.05, 0.1) is 24.6 Å². The molecule has 8 heteroatoms. The number of hydrogen-bond donors (Lipinski definition) is 2. The summed E-state index contributed by atoms with van der Waals surface area (Å²) in [5, 5.41) is 0. The van der Waals surface area contributed by atoms with Crippen LogP contribution in [0.3, 0.4) is 0 Å². The number of hydrogen-bond acceptors (Lipinski definition) is 6. The molecule has 144 valence electrons. The molecule has 4 rings (SSSR count). The lowest BCUT2D eigenvalue weighted by atomic mass is 10.1. The van der Waals surface area contributed by atoms with Gasteiger partial charge in [0.1, 0.15) is 11.6 Å². The lowest BCUT2D eigenvalue weighted by Gasteiger charge is -2.28. The summed E-state index contributed by atoms with van der Waals surface area (Å²) in [6, 6.07) is 8.62. The van der Waals surface area contributed by atoms with E-state index in [1.165, 1.54) is 13.2 Å².